The maximum absolute atomic E-state index is 13.0. The first kappa shape index (κ1) is 21.2. The first-order chi connectivity index (χ1) is 15.5. The molecule has 0 atom stereocenters. The van der Waals surface area contributed by atoms with Gasteiger partial charge in [0.2, 0.25) is 0 Å². The van der Waals surface area contributed by atoms with Crippen LogP contribution in [0.15, 0.2) is 74.4 Å². The lowest BCUT2D eigenvalue weighted by molar-refractivity contribution is 0.284. The third-order valence-corrected chi connectivity index (χ3v) is 7.23. The Morgan fingerprint density at radius 3 is 2.72 bits per heavy atom. The molecule has 0 unspecified atom stereocenters. The van der Waals surface area contributed by atoms with Crippen LogP contribution in [0.2, 0.25) is 0 Å². The van der Waals surface area contributed by atoms with Gasteiger partial charge in [-0.3, -0.25) is 4.79 Å². The van der Waals surface area contributed by atoms with E-state index in [0.717, 1.165) is 31.1 Å². The number of thiazole rings is 1. The molecule has 32 heavy (non-hydrogen) atoms. The minimum absolute atomic E-state index is 0.0712. The topological polar surface area (TPSA) is 52.8 Å². The molecule has 0 amide bonds. The molecule has 2 aromatic heterocycles. The number of fused-ring (bicyclic) bond motifs is 3. The predicted octanol–water partition coefficient (Wildman–Crippen LogP) is 5.57. The number of benzene rings is 3. The van der Waals surface area contributed by atoms with E-state index in [0.29, 0.717) is 27.6 Å². The Morgan fingerprint density at radius 1 is 1.06 bits per heavy atom. The van der Waals surface area contributed by atoms with Crippen LogP contribution in [0.25, 0.3) is 22.1 Å². The van der Waals surface area contributed by atoms with E-state index in [1.165, 1.54) is 11.3 Å². The third kappa shape index (κ3) is 3.94. The molecule has 0 radical (unpaired) electrons. The zero-order valence-corrected chi connectivity index (χ0v) is 20.8. The van der Waals surface area contributed by atoms with Crippen molar-refractivity contribution in [3.8, 4) is 11.5 Å². The van der Waals surface area contributed by atoms with Crippen molar-refractivity contribution in [1.29, 1.82) is 0 Å². The van der Waals surface area contributed by atoms with E-state index in [-0.39, 0.29) is 5.56 Å². The monoisotopic (exact) mass is 570 g/mol. The van der Waals surface area contributed by atoms with Gasteiger partial charge in [0.15, 0.2) is 16.5 Å². The molecule has 0 aliphatic heterocycles. The van der Waals surface area contributed by atoms with Crippen LogP contribution in [-0.2, 0) is 6.61 Å². The van der Waals surface area contributed by atoms with Crippen molar-refractivity contribution >= 4 is 65.3 Å². The van der Waals surface area contributed by atoms with Gasteiger partial charge in [0.1, 0.15) is 6.61 Å². The lowest BCUT2D eigenvalue weighted by atomic mass is 10.2. The van der Waals surface area contributed by atoms with Crippen LogP contribution in [-0.4, -0.2) is 16.5 Å². The van der Waals surface area contributed by atoms with Gasteiger partial charge in [-0.15, -0.1) is 0 Å². The highest BCUT2D eigenvalue weighted by Gasteiger charge is 2.12. The summed E-state index contributed by atoms with van der Waals surface area (Å²) >= 11 is 8.39. The molecule has 0 saturated heterocycles. The van der Waals surface area contributed by atoms with Gasteiger partial charge in [0.05, 0.1) is 22.7 Å². The molecule has 3 aromatic carbocycles. The van der Waals surface area contributed by atoms with Crippen molar-refractivity contribution in [3.05, 3.63) is 95.6 Å². The number of nitrogens with zero attached hydrogens (tertiary/aromatic N) is 2. The molecular weight excluding hydrogens is 556 g/mol. The number of rotatable bonds is 5. The van der Waals surface area contributed by atoms with E-state index in [2.05, 4.69) is 36.8 Å². The SMILES string of the molecule is COc1cc(/C=c2\sc3nc4ccccc4n3c2=O)ccc1OCc1ccc(Br)cc1Br. The third-order valence-electron chi connectivity index (χ3n) is 5.03. The van der Waals surface area contributed by atoms with Crippen molar-refractivity contribution in [2.24, 2.45) is 0 Å². The summed E-state index contributed by atoms with van der Waals surface area (Å²) in [6.45, 7) is 0.396. The number of halogens is 2. The van der Waals surface area contributed by atoms with Crippen LogP contribution in [0.5, 0.6) is 11.5 Å². The zero-order valence-electron chi connectivity index (χ0n) is 16.8. The fourth-order valence-electron chi connectivity index (χ4n) is 3.45. The van der Waals surface area contributed by atoms with E-state index in [4.69, 9.17) is 9.47 Å². The maximum Gasteiger partial charge on any atom is 0.274 e. The number of methoxy groups -OCH3 is 1. The molecule has 160 valence electrons. The Morgan fingerprint density at radius 2 is 1.91 bits per heavy atom. The van der Waals surface area contributed by atoms with Crippen LogP contribution in [0.3, 0.4) is 0 Å². The van der Waals surface area contributed by atoms with Crippen LogP contribution in [0.1, 0.15) is 11.1 Å². The number of para-hydroxylation sites is 2. The van der Waals surface area contributed by atoms with Crippen LogP contribution in [0.4, 0.5) is 0 Å². The van der Waals surface area contributed by atoms with Gasteiger partial charge in [-0.2, -0.15) is 0 Å². The van der Waals surface area contributed by atoms with Gasteiger partial charge in [-0.1, -0.05) is 67.5 Å². The standard InChI is InChI=1S/C24H16Br2N2O3S/c1-30-21-10-14(6-9-20(21)31-13-15-7-8-16(25)12-17(15)26)11-22-23(29)28-19-5-3-2-4-18(19)27-24(28)32-22/h2-12H,13H2,1H3/b22-11-. The van der Waals surface area contributed by atoms with Crippen LogP contribution >= 0.6 is 43.2 Å². The van der Waals surface area contributed by atoms with E-state index >= 15 is 0 Å². The zero-order chi connectivity index (χ0) is 22.2. The van der Waals surface area contributed by atoms with Crippen molar-refractivity contribution in [2.75, 3.05) is 7.11 Å². The van der Waals surface area contributed by atoms with Crippen molar-refractivity contribution in [2.45, 2.75) is 6.61 Å². The summed E-state index contributed by atoms with van der Waals surface area (Å²) in [6.07, 6.45) is 1.86. The summed E-state index contributed by atoms with van der Waals surface area (Å²) in [4.78, 5) is 18.2. The summed E-state index contributed by atoms with van der Waals surface area (Å²) in [6, 6.07) is 19.2. The molecule has 0 aliphatic rings. The number of ether oxygens (including phenoxy) is 2. The first-order valence-electron chi connectivity index (χ1n) is 9.70. The van der Waals surface area contributed by atoms with Gasteiger partial charge in [-0.25, -0.2) is 9.38 Å². The predicted molar refractivity (Wildman–Crippen MR) is 135 cm³/mol. The molecule has 0 fully saturated rings. The van der Waals surface area contributed by atoms with Gasteiger partial charge in [0, 0.05) is 14.5 Å². The van der Waals surface area contributed by atoms with Crippen molar-refractivity contribution in [3.63, 3.8) is 0 Å². The van der Waals surface area contributed by atoms with E-state index in [1.54, 1.807) is 11.5 Å². The molecule has 5 aromatic rings. The maximum atomic E-state index is 13.0. The lowest BCUT2D eigenvalue weighted by Crippen LogP contribution is -2.22. The average molecular weight is 572 g/mol. The first-order valence-corrected chi connectivity index (χ1v) is 12.1. The Kier molecular flexibility index (Phi) is 5.75. The number of hydrogen-bond donors (Lipinski definition) is 0. The normalized spacial score (nSPS) is 12.0. The molecule has 0 N–H and O–H groups in total. The Balaban J connectivity index is 1.46. The summed E-state index contributed by atoms with van der Waals surface area (Å²) in [5, 5.41) is 0. The highest BCUT2D eigenvalue weighted by Crippen LogP contribution is 2.30. The van der Waals surface area contributed by atoms with Crippen molar-refractivity contribution in [1.82, 2.24) is 9.38 Å². The minimum atomic E-state index is -0.0712. The number of aromatic nitrogens is 2. The summed E-state index contributed by atoms with van der Waals surface area (Å²) < 4.78 is 15.8. The Hall–Kier alpha value is -2.68. The van der Waals surface area contributed by atoms with Gasteiger partial charge < -0.3 is 9.47 Å². The molecule has 5 rings (SSSR count). The van der Waals surface area contributed by atoms with Crippen molar-refractivity contribution < 1.29 is 9.47 Å². The fourth-order valence-corrected chi connectivity index (χ4v) is 5.60. The fraction of sp³-hybridized carbons (Fsp3) is 0.0833. The van der Waals surface area contributed by atoms with Crippen LogP contribution in [0, 0.1) is 0 Å². The Labute approximate surface area is 204 Å². The van der Waals surface area contributed by atoms with Gasteiger partial charge >= 0.3 is 0 Å². The molecule has 0 aliphatic carbocycles. The molecule has 0 saturated carbocycles. The second kappa shape index (κ2) is 8.69. The van der Waals surface area contributed by atoms with E-state index in [9.17, 15) is 4.79 Å². The number of imidazole rings is 1. The molecule has 8 heteroatoms. The molecule has 0 spiro atoms. The molecular formula is C24H16Br2N2O3S. The molecule has 5 nitrogen and oxygen atoms in total. The lowest BCUT2D eigenvalue weighted by Gasteiger charge is -2.12. The van der Waals surface area contributed by atoms with E-state index < -0.39 is 0 Å². The second-order valence-electron chi connectivity index (χ2n) is 7.07. The quantitative estimate of drug-likeness (QED) is 0.277. The highest BCUT2D eigenvalue weighted by molar-refractivity contribution is 9.11. The second-order valence-corrected chi connectivity index (χ2v) is 9.85. The van der Waals surface area contributed by atoms with Gasteiger partial charge in [0.25, 0.3) is 5.56 Å². The number of hydrogen-bond acceptors (Lipinski definition) is 5. The molecule has 0 bridgehead atoms. The smallest absolute Gasteiger partial charge is 0.274 e. The van der Waals surface area contributed by atoms with Gasteiger partial charge in [-0.05, 0) is 48.0 Å². The van der Waals surface area contributed by atoms with E-state index in [1.807, 2.05) is 66.7 Å². The molecule has 2 heterocycles. The minimum Gasteiger partial charge on any atom is -0.493 e. The largest absolute Gasteiger partial charge is 0.493 e. The summed E-state index contributed by atoms with van der Waals surface area (Å²) in [5.41, 5.74) is 3.45. The van der Waals surface area contributed by atoms with Crippen LogP contribution < -0.4 is 19.6 Å². The Bertz CT molecular complexity index is 1580. The summed E-state index contributed by atoms with van der Waals surface area (Å²) in [5.74, 6) is 1.24. The highest BCUT2D eigenvalue weighted by atomic mass is 79.9. The summed E-state index contributed by atoms with van der Waals surface area (Å²) in [7, 11) is 1.60. The average Bonchev–Trinajstić information content (AvgIpc) is 3.29.